The third-order valence-corrected chi connectivity index (χ3v) is 4.93. The maximum absolute atomic E-state index is 12.6. The van der Waals surface area contributed by atoms with Crippen LogP contribution < -0.4 is 21.3 Å². The average Bonchev–Trinajstić information content (AvgIpc) is 2.75. The molecule has 0 rings (SSSR count). The molecule has 14 nitrogen and oxygen atoms in total. The quantitative estimate of drug-likeness (QED) is 0.0998. The van der Waals surface area contributed by atoms with E-state index >= 15 is 0 Å². The fraction of sp³-hybridized carbons (Fsp3) is 0.632. The predicted octanol–water partition coefficient (Wildman–Crippen LogP) is -2.77. The van der Waals surface area contributed by atoms with Gasteiger partial charge in [0.05, 0.1) is 19.1 Å². The number of aliphatic carboxylic acids is 2. The maximum Gasteiger partial charge on any atom is 0.305 e. The standard InChI is InChI=1S/C19H30N4O10S/c1-10(26)20-12(3-4-15(27)28)18(32)23-14(9-25)19(33)22-13(5-6-34-2)17(31)21-11(8-24)7-16(29)30/h8,11-14,25H,3-7,9H2,1-2H3,(H,20,26)(H,21,31)(H,22,33)(H,23,32)(H,27,28)(H,29,30)/t11-,12?,13-,14-/m0/s1. The van der Waals surface area contributed by atoms with Crippen molar-refractivity contribution >= 4 is 53.6 Å². The first-order valence-electron chi connectivity index (χ1n) is 10.1. The number of carbonyl (C=O) groups is 7. The molecule has 0 aliphatic rings. The minimum absolute atomic E-state index is 0.0939. The molecule has 4 amide bonds. The smallest absolute Gasteiger partial charge is 0.305 e. The Bertz CT molecular complexity index is 763. The van der Waals surface area contributed by atoms with E-state index in [0.717, 1.165) is 6.92 Å². The highest BCUT2D eigenvalue weighted by Gasteiger charge is 2.30. The van der Waals surface area contributed by atoms with Crippen LogP contribution in [0.1, 0.15) is 32.6 Å². The molecule has 0 bridgehead atoms. The van der Waals surface area contributed by atoms with Crippen LogP contribution in [-0.2, 0) is 33.6 Å². The van der Waals surface area contributed by atoms with E-state index in [0.29, 0.717) is 5.75 Å². The van der Waals surface area contributed by atoms with E-state index in [-0.39, 0.29) is 19.1 Å². The first kappa shape index (κ1) is 30.8. The first-order valence-corrected chi connectivity index (χ1v) is 11.5. The molecule has 0 saturated heterocycles. The molecular weight excluding hydrogens is 476 g/mol. The summed E-state index contributed by atoms with van der Waals surface area (Å²) < 4.78 is 0. The highest BCUT2D eigenvalue weighted by molar-refractivity contribution is 7.98. The molecule has 0 heterocycles. The number of nitrogens with one attached hydrogen (secondary N) is 4. The third kappa shape index (κ3) is 12.7. The molecule has 1 unspecified atom stereocenters. The van der Waals surface area contributed by atoms with Crippen LogP contribution in [0.3, 0.4) is 0 Å². The Hall–Kier alpha value is -3.20. The number of thioether (sulfide) groups is 1. The minimum Gasteiger partial charge on any atom is -0.481 e. The van der Waals surface area contributed by atoms with Crippen LogP contribution in [0.2, 0.25) is 0 Å². The molecule has 7 N–H and O–H groups in total. The molecule has 0 radical (unpaired) electrons. The van der Waals surface area contributed by atoms with Gasteiger partial charge in [0.25, 0.3) is 0 Å². The van der Waals surface area contributed by atoms with Crippen molar-refractivity contribution in [3.8, 4) is 0 Å². The fourth-order valence-electron chi connectivity index (χ4n) is 2.63. The van der Waals surface area contributed by atoms with E-state index in [9.17, 15) is 38.7 Å². The summed E-state index contributed by atoms with van der Waals surface area (Å²) in [7, 11) is 0. The fourth-order valence-corrected chi connectivity index (χ4v) is 3.10. The molecule has 0 saturated carbocycles. The van der Waals surface area contributed by atoms with Crippen molar-refractivity contribution in [2.45, 2.75) is 56.8 Å². The molecule has 0 fully saturated rings. The van der Waals surface area contributed by atoms with E-state index in [1.165, 1.54) is 11.8 Å². The summed E-state index contributed by atoms with van der Waals surface area (Å²) in [6.45, 7) is 0.235. The van der Waals surface area contributed by atoms with Gasteiger partial charge in [0, 0.05) is 13.3 Å². The van der Waals surface area contributed by atoms with Gasteiger partial charge in [-0.3, -0.25) is 28.8 Å². The van der Waals surface area contributed by atoms with Crippen LogP contribution in [0, 0.1) is 0 Å². The summed E-state index contributed by atoms with van der Waals surface area (Å²) in [5.74, 6) is -5.45. The molecule has 0 aromatic carbocycles. The molecule has 34 heavy (non-hydrogen) atoms. The summed E-state index contributed by atoms with van der Waals surface area (Å²) in [5.41, 5.74) is 0. The summed E-state index contributed by atoms with van der Waals surface area (Å²) in [6.07, 6.45) is 0.710. The summed E-state index contributed by atoms with van der Waals surface area (Å²) in [6, 6.07) is -5.35. The predicted molar refractivity (Wildman–Crippen MR) is 119 cm³/mol. The van der Waals surface area contributed by atoms with Crippen molar-refractivity contribution in [3.05, 3.63) is 0 Å². The maximum atomic E-state index is 12.6. The van der Waals surface area contributed by atoms with Gasteiger partial charge in [-0.1, -0.05) is 0 Å². The number of rotatable bonds is 17. The molecular formula is C19H30N4O10S. The number of hydrogen-bond donors (Lipinski definition) is 7. The molecule has 0 spiro atoms. The zero-order chi connectivity index (χ0) is 26.3. The lowest BCUT2D eigenvalue weighted by molar-refractivity contribution is -0.139. The van der Waals surface area contributed by atoms with Gasteiger partial charge in [-0.05, 0) is 24.9 Å². The second-order valence-corrected chi connectivity index (χ2v) is 8.11. The second-order valence-electron chi connectivity index (χ2n) is 7.12. The van der Waals surface area contributed by atoms with Crippen molar-refractivity contribution in [1.29, 1.82) is 0 Å². The normalized spacial score (nSPS) is 14.0. The Labute approximate surface area is 199 Å². The van der Waals surface area contributed by atoms with Crippen molar-refractivity contribution in [1.82, 2.24) is 21.3 Å². The van der Waals surface area contributed by atoms with E-state index < -0.39 is 79.2 Å². The number of amides is 4. The Morgan fingerprint density at radius 3 is 1.82 bits per heavy atom. The Balaban J connectivity index is 5.34. The van der Waals surface area contributed by atoms with E-state index in [2.05, 4.69) is 21.3 Å². The monoisotopic (exact) mass is 506 g/mol. The van der Waals surface area contributed by atoms with Gasteiger partial charge in [-0.2, -0.15) is 11.8 Å². The average molecular weight is 507 g/mol. The summed E-state index contributed by atoms with van der Waals surface area (Å²) in [4.78, 5) is 81.5. The lowest BCUT2D eigenvalue weighted by atomic mass is 10.1. The van der Waals surface area contributed by atoms with Crippen molar-refractivity contribution < 1.29 is 48.9 Å². The van der Waals surface area contributed by atoms with Crippen LogP contribution in [0.5, 0.6) is 0 Å². The van der Waals surface area contributed by atoms with E-state index in [4.69, 9.17) is 10.2 Å². The molecule has 4 atom stereocenters. The SMILES string of the molecule is CSCC[C@H](NC(=O)[C@H](CO)NC(=O)C(CCC(=O)O)NC(C)=O)C(=O)N[C@H](C=O)CC(=O)O. The molecule has 0 aromatic heterocycles. The van der Waals surface area contributed by atoms with Gasteiger partial charge in [0.15, 0.2) is 0 Å². The van der Waals surface area contributed by atoms with E-state index in [1.807, 2.05) is 0 Å². The van der Waals surface area contributed by atoms with Gasteiger partial charge in [-0.15, -0.1) is 0 Å². The number of aliphatic hydroxyl groups excluding tert-OH is 1. The van der Waals surface area contributed by atoms with Crippen LogP contribution in [0.15, 0.2) is 0 Å². The van der Waals surface area contributed by atoms with Crippen molar-refractivity contribution in [2.75, 3.05) is 18.6 Å². The van der Waals surface area contributed by atoms with Gasteiger partial charge < -0.3 is 41.4 Å². The number of aldehydes is 1. The number of aliphatic hydroxyl groups is 1. The molecule has 192 valence electrons. The largest absolute Gasteiger partial charge is 0.481 e. The zero-order valence-electron chi connectivity index (χ0n) is 18.7. The number of hydrogen-bond acceptors (Lipinski definition) is 9. The van der Waals surface area contributed by atoms with Crippen molar-refractivity contribution in [3.63, 3.8) is 0 Å². The Kier molecular flexibility index (Phi) is 14.9. The minimum atomic E-state index is -1.54. The topological polar surface area (TPSA) is 228 Å². The van der Waals surface area contributed by atoms with Gasteiger partial charge in [0.1, 0.15) is 24.4 Å². The third-order valence-electron chi connectivity index (χ3n) is 4.29. The second kappa shape index (κ2) is 16.4. The zero-order valence-corrected chi connectivity index (χ0v) is 19.6. The molecule has 15 heteroatoms. The van der Waals surface area contributed by atoms with Gasteiger partial charge >= 0.3 is 11.9 Å². The van der Waals surface area contributed by atoms with Crippen LogP contribution in [0.4, 0.5) is 0 Å². The summed E-state index contributed by atoms with van der Waals surface area (Å²) >= 11 is 1.35. The van der Waals surface area contributed by atoms with Gasteiger partial charge in [-0.25, -0.2) is 0 Å². The molecule has 0 aliphatic heterocycles. The lowest BCUT2D eigenvalue weighted by Gasteiger charge is -2.24. The number of carboxylic acid groups (broad SMARTS) is 2. The van der Waals surface area contributed by atoms with E-state index in [1.54, 1.807) is 6.26 Å². The lowest BCUT2D eigenvalue weighted by Crippen LogP contribution is -2.58. The highest BCUT2D eigenvalue weighted by atomic mass is 32.2. The summed E-state index contributed by atoms with van der Waals surface area (Å²) in [5, 5.41) is 36.2. The van der Waals surface area contributed by atoms with Crippen LogP contribution in [-0.4, -0.2) is 100.0 Å². The first-order chi connectivity index (χ1) is 15.9. The van der Waals surface area contributed by atoms with Gasteiger partial charge in [0.2, 0.25) is 23.6 Å². The highest BCUT2D eigenvalue weighted by Crippen LogP contribution is 2.04. The van der Waals surface area contributed by atoms with Crippen LogP contribution in [0.25, 0.3) is 0 Å². The Morgan fingerprint density at radius 1 is 0.824 bits per heavy atom. The molecule has 0 aliphatic carbocycles. The van der Waals surface area contributed by atoms with Crippen LogP contribution >= 0.6 is 11.8 Å². The van der Waals surface area contributed by atoms with Crippen molar-refractivity contribution in [2.24, 2.45) is 0 Å². The number of carboxylic acids is 2. The molecule has 0 aromatic rings. The number of carbonyl (C=O) groups excluding carboxylic acids is 5. The Morgan fingerprint density at radius 2 is 1.35 bits per heavy atom.